The highest BCUT2D eigenvalue weighted by molar-refractivity contribution is 6.09. The van der Waals surface area contributed by atoms with Gasteiger partial charge in [-0.2, -0.15) is 0 Å². The third-order valence-corrected chi connectivity index (χ3v) is 7.46. The van der Waals surface area contributed by atoms with E-state index in [1.165, 1.54) is 0 Å². The third kappa shape index (κ3) is 4.86. The Morgan fingerprint density at radius 2 is 1.88 bits per heavy atom. The zero-order chi connectivity index (χ0) is 23.6. The molecule has 1 spiro atoms. The number of imide groups is 1. The molecule has 1 aromatic rings. The summed E-state index contributed by atoms with van der Waals surface area (Å²) in [5.41, 5.74) is 0.180. The fourth-order valence-electron chi connectivity index (χ4n) is 5.20. The van der Waals surface area contributed by atoms with Crippen molar-refractivity contribution < 1.29 is 19.2 Å². The first-order chi connectivity index (χ1) is 15.8. The van der Waals surface area contributed by atoms with E-state index >= 15 is 0 Å². The number of pyridine rings is 1. The van der Waals surface area contributed by atoms with E-state index in [-0.39, 0.29) is 30.2 Å². The van der Waals surface area contributed by atoms with Gasteiger partial charge in [0, 0.05) is 25.2 Å². The van der Waals surface area contributed by atoms with Crippen LogP contribution in [0, 0.1) is 18.8 Å². The molecule has 33 heavy (non-hydrogen) atoms. The quantitative estimate of drug-likeness (QED) is 0.663. The normalized spacial score (nSPS) is 25.9. The number of likely N-dealkylation sites (tertiary alicyclic amines) is 1. The van der Waals surface area contributed by atoms with Crippen LogP contribution in [-0.4, -0.2) is 63.7 Å². The summed E-state index contributed by atoms with van der Waals surface area (Å²) in [5.74, 6) is 0.298. The molecule has 0 aromatic carbocycles. The lowest BCUT2D eigenvalue weighted by Crippen LogP contribution is -2.50. The van der Waals surface area contributed by atoms with Crippen LogP contribution in [0.4, 0.5) is 10.6 Å². The Labute approximate surface area is 194 Å². The fraction of sp³-hybridized carbons (Fsp3) is 0.625. The predicted molar refractivity (Wildman–Crippen MR) is 122 cm³/mol. The smallest absolute Gasteiger partial charge is 0.325 e. The van der Waals surface area contributed by atoms with Crippen molar-refractivity contribution in [3.8, 4) is 0 Å². The molecule has 1 aliphatic carbocycles. The van der Waals surface area contributed by atoms with Crippen LogP contribution in [0.25, 0.3) is 0 Å². The van der Waals surface area contributed by atoms with Gasteiger partial charge in [-0.05, 0) is 69.1 Å². The standard InChI is InChI=1S/C24H33N5O4/c1-3-17-4-9-24(10-5-17)22(32)29(23(33)27-24)15-20(30)28-12-7-18(8-13-28)21(31)26-19-14-16(2)6-11-25-19/h6,11,14,17-18H,3-5,7-10,12-13,15H2,1-2H3,(H,27,33)(H,25,26,31). The number of hydrogen-bond donors (Lipinski definition) is 2. The van der Waals surface area contributed by atoms with Crippen molar-refractivity contribution in [1.82, 2.24) is 20.1 Å². The van der Waals surface area contributed by atoms with Gasteiger partial charge in [0.2, 0.25) is 11.8 Å². The van der Waals surface area contributed by atoms with E-state index in [4.69, 9.17) is 0 Å². The van der Waals surface area contributed by atoms with Crippen molar-refractivity contribution in [2.75, 3.05) is 25.0 Å². The Balaban J connectivity index is 1.28. The average Bonchev–Trinajstić information content (AvgIpc) is 3.03. The molecule has 5 amide bonds. The minimum absolute atomic E-state index is 0.0982. The second-order valence-corrected chi connectivity index (χ2v) is 9.62. The number of aromatic nitrogens is 1. The molecular formula is C24H33N5O4. The van der Waals surface area contributed by atoms with Crippen molar-refractivity contribution in [3.05, 3.63) is 23.9 Å². The lowest BCUT2D eigenvalue weighted by Gasteiger charge is -2.35. The largest absolute Gasteiger partial charge is 0.341 e. The maximum Gasteiger partial charge on any atom is 0.325 e. The molecule has 0 atom stereocenters. The van der Waals surface area contributed by atoms with Crippen LogP contribution in [0.3, 0.4) is 0 Å². The molecule has 2 N–H and O–H groups in total. The maximum atomic E-state index is 13.1. The summed E-state index contributed by atoms with van der Waals surface area (Å²) in [6, 6.07) is 3.21. The van der Waals surface area contributed by atoms with Gasteiger partial charge in [-0.3, -0.25) is 19.3 Å². The molecule has 0 unspecified atom stereocenters. The van der Waals surface area contributed by atoms with Gasteiger partial charge < -0.3 is 15.5 Å². The van der Waals surface area contributed by atoms with Crippen LogP contribution in [-0.2, 0) is 14.4 Å². The van der Waals surface area contributed by atoms with Crippen LogP contribution in [0.15, 0.2) is 18.3 Å². The minimum Gasteiger partial charge on any atom is -0.341 e. The van der Waals surface area contributed by atoms with E-state index in [0.717, 1.165) is 29.7 Å². The number of carbonyl (C=O) groups excluding carboxylic acids is 4. The molecule has 178 valence electrons. The fourth-order valence-corrected chi connectivity index (χ4v) is 5.20. The van der Waals surface area contributed by atoms with Gasteiger partial charge in [0.15, 0.2) is 0 Å². The zero-order valence-corrected chi connectivity index (χ0v) is 19.4. The van der Waals surface area contributed by atoms with E-state index in [1.54, 1.807) is 11.1 Å². The topological polar surface area (TPSA) is 112 Å². The van der Waals surface area contributed by atoms with E-state index < -0.39 is 11.6 Å². The summed E-state index contributed by atoms with van der Waals surface area (Å²) >= 11 is 0. The number of nitrogens with zero attached hydrogens (tertiary/aromatic N) is 3. The molecular weight excluding hydrogens is 422 g/mol. The number of amides is 5. The molecule has 0 radical (unpaired) electrons. The Kier molecular flexibility index (Phi) is 6.67. The molecule has 3 heterocycles. The molecule has 3 aliphatic rings. The van der Waals surface area contributed by atoms with Crippen LogP contribution in [0.2, 0.25) is 0 Å². The Bertz CT molecular complexity index is 933. The lowest BCUT2D eigenvalue weighted by atomic mass is 9.75. The molecule has 9 heteroatoms. The van der Waals surface area contributed by atoms with Gasteiger partial charge in [0.1, 0.15) is 17.9 Å². The highest BCUT2D eigenvalue weighted by atomic mass is 16.2. The van der Waals surface area contributed by atoms with E-state index in [2.05, 4.69) is 22.5 Å². The number of piperidine rings is 1. The van der Waals surface area contributed by atoms with Gasteiger partial charge in [-0.15, -0.1) is 0 Å². The molecule has 9 nitrogen and oxygen atoms in total. The van der Waals surface area contributed by atoms with Crippen LogP contribution < -0.4 is 10.6 Å². The molecule has 2 saturated heterocycles. The van der Waals surface area contributed by atoms with Crippen molar-refractivity contribution in [1.29, 1.82) is 0 Å². The summed E-state index contributed by atoms with van der Waals surface area (Å²) < 4.78 is 0. The molecule has 2 aliphatic heterocycles. The van der Waals surface area contributed by atoms with E-state index in [0.29, 0.717) is 50.5 Å². The summed E-state index contributed by atoms with van der Waals surface area (Å²) in [5, 5.41) is 5.73. The third-order valence-electron chi connectivity index (χ3n) is 7.46. The number of aryl methyl sites for hydroxylation is 1. The Hall–Kier alpha value is -2.97. The van der Waals surface area contributed by atoms with E-state index in [1.807, 2.05) is 19.1 Å². The van der Waals surface area contributed by atoms with Gasteiger partial charge in [0.05, 0.1) is 0 Å². The molecule has 3 fully saturated rings. The van der Waals surface area contributed by atoms with Gasteiger partial charge in [-0.25, -0.2) is 9.78 Å². The number of carbonyl (C=O) groups is 4. The van der Waals surface area contributed by atoms with Gasteiger partial charge >= 0.3 is 6.03 Å². The van der Waals surface area contributed by atoms with Crippen LogP contribution in [0.1, 0.15) is 57.4 Å². The number of hydrogen-bond acceptors (Lipinski definition) is 5. The monoisotopic (exact) mass is 455 g/mol. The van der Waals surface area contributed by atoms with Gasteiger partial charge in [-0.1, -0.05) is 13.3 Å². The lowest BCUT2D eigenvalue weighted by molar-refractivity contribution is -0.140. The summed E-state index contributed by atoms with van der Waals surface area (Å²) in [6.07, 6.45) is 6.90. The minimum atomic E-state index is -0.835. The Morgan fingerprint density at radius 3 is 2.52 bits per heavy atom. The van der Waals surface area contributed by atoms with Crippen LogP contribution >= 0.6 is 0 Å². The predicted octanol–water partition coefficient (Wildman–Crippen LogP) is 2.46. The van der Waals surface area contributed by atoms with Crippen LogP contribution in [0.5, 0.6) is 0 Å². The average molecular weight is 456 g/mol. The van der Waals surface area contributed by atoms with Crippen molar-refractivity contribution >= 4 is 29.6 Å². The molecule has 0 bridgehead atoms. The SMILES string of the molecule is CCC1CCC2(CC1)NC(=O)N(CC(=O)N1CCC(C(=O)Nc3cc(C)ccn3)CC1)C2=O. The van der Waals surface area contributed by atoms with Crippen molar-refractivity contribution in [2.24, 2.45) is 11.8 Å². The summed E-state index contributed by atoms with van der Waals surface area (Å²) in [4.78, 5) is 57.9. The first-order valence-electron chi connectivity index (χ1n) is 12.0. The number of urea groups is 1. The first-order valence-corrected chi connectivity index (χ1v) is 12.0. The zero-order valence-electron chi connectivity index (χ0n) is 19.4. The highest BCUT2D eigenvalue weighted by Crippen LogP contribution is 2.37. The maximum absolute atomic E-state index is 13.1. The Morgan fingerprint density at radius 1 is 1.18 bits per heavy atom. The molecule has 1 aromatic heterocycles. The second-order valence-electron chi connectivity index (χ2n) is 9.62. The number of rotatable bonds is 5. The van der Waals surface area contributed by atoms with Crippen molar-refractivity contribution in [3.63, 3.8) is 0 Å². The van der Waals surface area contributed by atoms with Crippen molar-refractivity contribution in [2.45, 2.75) is 64.3 Å². The summed E-state index contributed by atoms with van der Waals surface area (Å²) in [7, 11) is 0. The first kappa shape index (κ1) is 23.2. The molecule has 1 saturated carbocycles. The summed E-state index contributed by atoms with van der Waals surface area (Å²) in [6.45, 7) is 4.68. The second kappa shape index (κ2) is 9.49. The number of anilines is 1. The van der Waals surface area contributed by atoms with Gasteiger partial charge in [0.25, 0.3) is 5.91 Å². The van der Waals surface area contributed by atoms with E-state index in [9.17, 15) is 19.2 Å². The number of nitrogens with one attached hydrogen (secondary N) is 2. The highest BCUT2D eigenvalue weighted by Gasteiger charge is 2.52. The molecule has 4 rings (SSSR count).